The lowest BCUT2D eigenvalue weighted by molar-refractivity contribution is -0.148. The average Bonchev–Trinajstić information content (AvgIpc) is 2.34. The van der Waals surface area contributed by atoms with E-state index in [1.807, 2.05) is 0 Å². The van der Waals surface area contributed by atoms with Crippen LogP contribution in [-0.2, 0) is 7.05 Å². The van der Waals surface area contributed by atoms with Crippen molar-refractivity contribution in [3.8, 4) is 0 Å². The second kappa shape index (κ2) is 3.37. The van der Waals surface area contributed by atoms with Crippen molar-refractivity contribution in [2.24, 2.45) is 12.8 Å². The van der Waals surface area contributed by atoms with Crippen LogP contribution in [-0.4, -0.2) is 22.5 Å². The van der Waals surface area contributed by atoms with Crippen molar-refractivity contribution in [3.05, 3.63) is 18.0 Å². The molecule has 0 spiro atoms. The van der Waals surface area contributed by atoms with Crippen molar-refractivity contribution in [2.75, 3.05) is 6.54 Å². The summed E-state index contributed by atoms with van der Waals surface area (Å²) in [4.78, 5) is 0. The van der Waals surface area contributed by atoms with E-state index in [1.54, 1.807) is 7.05 Å². The fourth-order valence-electron chi connectivity index (χ4n) is 1.04. The number of hydrogen-bond donors (Lipinski definition) is 1. The van der Waals surface area contributed by atoms with Crippen molar-refractivity contribution >= 4 is 0 Å². The molecule has 1 heterocycles. The summed E-state index contributed by atoms with van der Waals surface area (Å²) in [6.07, 6.45) is -2.85. The molecule has 0 saturated heterocycles. The van der Waals surface area contributed by atoms with Gasteiger partial charge in [0, 0.05) is 19.8 Å². The van der Waals surface area contributed by atoms with E-state index in [9.17, 15) is 13.2 Å². The number of nitrogens with zero attached hydrogens (tertiary/aromatic N) is 2. The number of aryl methyl sites for hydroxylation is 1. The molecular formula is C7H10F3N3. The maximum absolute atomic E-state index is 12.3. The minimum Gasteiger partial charge on any atom is -0.329 e. The van der Waals surface area contributed by atoms with Gasteiger partial charge in [-0.15, -0.1) is 0 Å². The highest BCUT2D eigenvalue weighted by Gasteiger charge is 2.41. The van der Waals surface area contributed by atoms with Gasteiger partial charge in [-0.25, -0.2) is 0 Å². The van der Waals surface area contributed by atoms with Gasteiger partial charge in [0.25, 0.3) is 0 Å². The number of halogens is 3. The number of hydrogen-bond acceptors (Lipinski definition) is 2. The SMILES string of the molecule is Cn1ccc(C(CN)C(F)(F)F)n1. The molecule has 0 aliphatic rings. The quantitative estimate of drug-likeness (QED) is 0.762. The van der Waals surface area contributed by atoms with E-state index in [2.05, 4.69) is 5.10 Å². The largest absolute Gasteiger partial charge is 0.398 e. The van der Waals surface area contributed by atoms with Crippen LogP contribution in [0.15, 0.2) is 12.3 Å². The minimum absolute atomic E-state index is 0.0301. The Labute approximate surface area is 73.3 Å². The Kier molecular flexibility index (Phi) is 2.60. The summed E-state index contributed by atoms with van der Waals surface area (Å²) in [5, 5.41) is 3.66. The van der Waals surface area contributed by atoms with Gasteiger partial charge in [0.1, 0.15) is 5.92 Å². The summed E-state index contributed by atoms with van der Waals surface area (Å²) < 4.78 is 38.2. The lowest BCUT2D eigenvalue weighted by Gasteiger charge is -2.15. The van der Waals surface area contributed by atoms with E-state index < -0.39 is 18.6 Å². The topological polar surface area (TPSA) is 43.8 Å². The van der Waals surface area contributed by atoms with Crippen molar-refractivity contribution in [3.63, 3.8) is 0 Å². The fourth-order valence-corrected chi connectivity index (χ4v) is 1.04. The van der Waals surface area contributed by atoms with E-state index in [4.69, 9.17) is 5.73 Å². The molecule has 13 heavy (non-hydrogen) atoms. The van der Waals surface area contributed by atoms with Crippen LogP contribution in [0.4, 0.5) is 13.2 Å². The second-order valence-electron chi connectivity index (χ2n) is 2.74. The molecule has 1 aromatic heterocycles. The smallest absolute Gasteiger partial charge is 0.329 e. The van der Waals surface area contributed by atoms with Crippen molar-refractivity contribution in [1.82, 2.24) is 9.78 Å². The minimum atomic E-state index is -4.32. The van der Waals surface area contributed by atoms with Crippen LogP contribution in [0, 0.1) is 0 Å². The fraction of sp³-hybridized carbons (Fsp3) is 0.571. The van der Waals surface area contributed by atoms with E-state index in [0.29, 0.717) is 0 Å². The monoisotopic (exact) mass is 193 g/mol. The van der Waals surface area contributed by atoms with Crippen LogP contribution in [0.25, 0.3) is 0 Å². The van der Waals surface area contributed by atoms with Crippen LogP contribution in [0.2, 0.25) is 0 Å². The lowest BCUT2D eigenvalue weighted by Crippen LogP contribution is -2.28. The molecule has 0 radical (unpaired) electrons. The molecule has 1 atom stereocenters. The van der Waals surface area contributed by atoms with Crippen LogP contribution >= 0.6 is 0 Å². The van der Waals surface area contributed by atoms with Gasteiger partial charge >= 0.3 is 6.18 Å². The Morgan fingerprint density at radius 3 is 2.54 bits per heavy atom. The molecular weight excluding hydrogens is 183 g/mol. The summed E-state index contributed by atoms with van der Waals surface area (Å²) in [7, 11) is 1.56. The van der Waals surface area contributed by atoms with Gasteiger partial charge in [0.05, 0.1) is 5.69 Å². The Morgan fingerprint density at radius 1 is 1.62 bits per heavy atom. The highest BCUT2D eigenvalue weighted by molar-refractivity contribution is 5.09. The lowest BCUT2D eigenvalue weighted by atomic mass is 10.1. The molecule has 3 nitrogen and oxygen atoms in total. The number of aromatic nitrogens is 2. The van der Waals surface area contributed by atoms with E-state index in [1.165, 1.54) is 16.9 Å². The van der Waals surface area contributed by atoms with Gasteiger partial charge in [0.2, 0.25) is 0 Å². The molecule has 1 unspecified atom stereocenters. The molecule has 74 valence electrons. The van der Waals surface area contributed by atoms with E-state index in [0.717, 1.165) is 0 Å². The Hall–Kier alpha value is -1.04. The maximum Gasteiger partial charge on any atom is 0.398 e. The zero-order valence-electron chi connectivity index (χ0n) is 7.04. The summed E-state index contributed by atoms with van der Waals surface area (Å²) in [6, 6.07) is 1.32. The van der Waals surface area contributed by atoms with Crippen LogP contribution < -0.4 is 5.73 Å². The molecule has 6 heteroatoms. The van der Waals surface area contributed by atoms with Gasteiger partial charge in [-0.1, -0.05) is 0 Å². The van der Waals surface area contributed by atoms with Crippen LogP contribution in [0.5, 0.6) is 0 Å². The first-order valence-corrected chi connectivity index (χ1v) is 3.71. The summed E-state index contributed by atoms with van der Waals surface area (Å²) in [6.45, 7) is -0.472. The standard InChI is InChI=1S/C7H10F3N3/c1-13-3-2-6(12-13)5(4-11)7(8,9)10/h2-3,5H,4,11H2,1H3. The second-order valence-corrected chi connectivity index (χ2v) is 2.74. The summed E-state index contributed by atoms with van der Waals surface area (Å²) >= 11 is 0. The Bertz CT molecular complexity index is 279. The zero-order chi connectivity index (χ0) is 10.1. The number of nitrogens with two attached hydrogens (primary N) is 1. The molecule has 0 fully saturated rings. The predicted octanol–water partition coefficient (Wildman–Crippen LogP) is 1.02. The third kappa shape index (κ3) is 2.21. The summed E-state index contributed by atoms with van der Waals surface area (Å²) in [5.74, 6) is -1.66. The third-order valence-electron chi connectivity index (χ3n) is 1.72. The first-order chi connectivity index (χ1) is 5.95. The summed E-state index contributed by atoms with van der Waals surface area (Å²) in [5.41, 5.74) is 5.00. The first kappa shape index (κ1) is 10.0. The van der Waals surface area contributed by atoms with Crippen molar-refractivity contribution in [2.45, 2.75) is 12.1 Å². The van der Waals surface area contributed by atoms with E-state index >= 15 is 0 Å². The molecule has 2 N–H and O–H groups in total. The molecule has 0 saturated carbocycles. The molecule has 1 aromatic rings. The van der Waals surface area contributed by atoms with Crippen molar-refractivity contribution < 1.29 is 13.2 Å². The molecule has 0 aliphatic heterocycles. The van der Waals surface area contributed by atoms with Crippen LogP contribution in [0.3, 0.4) is 0 Å². The third-order valence-corrected chi connectivity index (χ3v) is 1.72. The molecule has 0 bridgehead atoms. The molecule has 0 aromatic carbocycles. The molecule has 1 rings (SSSR count). The normalized spacial score (nSPS) is 14.5. The first-order valence-electron chi connectivity index (χ1n) is 3.71. The average molecular weight is 193 g/mol. The Balaban J connectivity index is 2.91. The van der Waals surface area contributed by atoms with E-state index in [-0.39, 0.29) is 5.69 Å². The predicted molar refractivity (Wildman–Crippen MR) is 41.1 cm³/mol. The molecule has 0 amide bonds. The highest BCUT2D eigenvalue weighted by Crippen LogP contribution is 2.32. The van der Waals surface area contributed by atoms with Crippen LogP contribution in [0.1, 0.15) is 11.6 Å². The Morgan fingerprint density at radius 2 is 2.23 bits per heavy atom. The van der Waals surface area contributed by atoms with Crippen molar-refractivity contribution in [1.29, 1.82) is 0 Å². The number of alkyl halides is 3. The van der Waals surface area contributed by atoms with Gasteiger partial charge in [-0.3, -0.25) is 4.68 Å². The van der Waals surface area contributed by atoms with Gasteiger partial charge < -0.3 is 5.73 Å². The maximum atomic E-state index is 12.3. The highest BCUT2D eigenvalue weighted by atomic mass is 19.4. The molecule has 0 aliphatic carbocycles. The van der Waals surface area contributed by atoms with Gasteiger partial charge in [0.15, 0.2) is 0 Å². The zero-order valence-corrected chi connectivity index (χ0v) is 7.04. The number of rotatable bonds is 2. The van der Waals surface area contributed by atoms with Gasteiger partial charge in [-0.2, -0.15) is 18.3 Å². The van der Waals surface area contributed by atoms with Gasteiger partial charge in [-0.05, 0) is 6.07 Å².